The molecule has 1 fully saturated rings. The number of methoxy groups -OCH3 is 1. The summed E-state index contributed by atoms with van der Waals surface area (Å²) in [5.41, 5.74) is 2.45. The minimum Gasteiger partial charge on any atom is -0.497 e. The number of halogens is 1. The van der Waals surface area contributed by atoms with Gasteiger partial charge in [0.1, 0.15) is 17.1 Å². The number of hydrogen-bond donors (Lipinski definition) is 0. The molecule has 3 aromatic rings. The first-order chi connectivity index (χ1) is 13.5. The van der Waals surface area contributed by atoms with Crippen molar-refractivity contribution < 1.29 is 18.3 Å². The Morgan fingerprint density at radius 1 is 1.11 bits per heavy atom. The minimum atomic E-state index is -0.331. The number of piperazine rings is 1. The highest BCUT2D eigenvalue weighted by molar-refractivity contribution is 5.99. The summed E-state index contributed by atoms with van der Waals surface area (Å²) in [5.74, 6) is 0.699. The molecule has 2 aromatic carbocycles. The van der Waals surface area contributed by atoms with Crippen LogP contribution in [0.3, 0.4) is 0 Å². The summed E-state index contributed by atoms with van der Waals surface area (Å²) in [5, 5.41) is 0.654. The highest BCUT2D eigenvalue weighted by Crippen LogP contribution is 2.27. The zero-order chi connectivity index (χ0) is 19.7. The predicted octanol–water partition coefficient (Wildman–Crippen LogP) is 3.85. The number of carbonyl (C=O) groups excluding carboxylic acids is 1. The van der Waals surface area contributed by atoms with E-state index in [2.05, 4.69) is 17.0 Å². The van der Waals surface area contributed by atoms with Crippen molar-refractivity contribution in [3.8, 4) is 5.75 Å². The van der Waals surface area contributed by atoms with Crippen LogP contribution in [0.1, 0.15) is 21.7 Å². The molecule has 1 aliphatic rings. The van der Waals surface area contributed by atoms with Gasteiger partial charge in [-0.1, -0.05) is 12.1 Å². The molecule has 0 radical (unpaired) electrons. The van der Waals surface area contributed by atoms with E-state index in [1.807, 2.05) is 17.0 Å². The van der Waals surface area contributed by atoms with E-state index < -0.39 is 0 Å². The third-order valence-electron chi connectivity index (χ3n) is 5.32. The molecule has 0 aliphatic carbocycles. The molecule has 28 heavy (non-hydrogen) atoms. The van der Waals surface area contributed by atoms with Crippen molar-refractivity contribution in [2.24, 2.45) is 0 Å². The van der Waals surface area contributed by atoms with Crippen molar-refractivity contribution >= 4 is 16.9 Å². The number of fused-ring (bicyclic) bond motifs is 1. The first-order valence-corrected chi connectivity index (χ1v) is 9.38. The average molecular weight is 382 g/mol. The molecule has 1 aromatic heterocycles. The van der Waals surface area contributed by atoms with E-state index in [0.29, 0.717) is 35.4 Å². The van der Waals surface area contributed by atoms with Crippen LogP contribution in [0.5, 0.6) is 5.75 Å². The lowest BCUT2D eigenvalue weighted by atomic mass is 10.1. The number of furan rings is 1. The number of nitrogens with zero attached hydrogens (tertiary/aromatic N) is 2. The van der Waals surface area contributed by atoms with Gasteiger partial charge < -0.3 is 14.1 Å². The normalized spacial score (nSPS) is 15.2. The Morgan fingerprint density at radius 2 is 1.82 bits per heavy atom. The molecule has 1 saturated heterocycles. The average Bonchev–Trinajstić information content (AvgIpc) is 3.04. The van der Waals surface area contributed by atoms with Crippen LogP contribution in [0.25, 0.3) is 11.0 Å². The topological polar surface area (TPSA) is 45.9 Å². The van der Waals surface area contributed by atoms with Gasteiger partial charge in [-0.3, -0.25) is 9.69 Å². The van der Waals surface area contributed by atoms with E-state index in [9.17, 15) is 9.18 Å². The predicted molar refractivity (Wildman–Crippen MR) is 105 cm³/mol. The lowest BCUT2D eigenvalue weighted by molar-refractivity contribution is 0.0599. The molecule has 5 nitrogen and oxygen atoms in total. The fraction of sp³-hybridized carbons (Fsp3) is 0.318. The van der Waals surface area contributed by atoms with Gasteiger partial charge in [0.05, 0.1) is 7.11 Å². The zero-order valence-electron chi connectivity index (χ0n) is 16.1. The van der Waals surface area contributed by atoms with Gasteiger partial charge in [-0.2, -0.15) is 0 Å². The van der Waals surface area contributed by atoms with Crippen LogP contribution in [0.2, 0.25) is 0 Å². The number of ether oxygens (including phenoxy) is 1. The van der Waals surface area contributed by atoms with Gasteiger partial charge >= 0.3 is 0 Å². The van der Waals surface area contributed by atoms with Crippen molar-refractivity contribution in [1.82, 2.24) is 9.80 Å². The Balaban J connectivity index is 1.40. The van der Waals surface area contributed by atoms with Gasteiger partial charge in [-0.15, -0.1) is 0 Å². The van der Waals surface area contributed by atoms with Crippen LogP contribution in [0.15, 0.2) is 46.9 Å². The SMILES string of the molecule is COc1ccc(CN2CCN(C(=O)c3oc4ccc(F)cc4c3C)CC2)cc1. The summed E-state index contributed by atoms with van der Waals surface area (Å²) in [6.45, 7) is 5.52. The second-order valence-corrected chi connectivity index (χ2v) is 7.11. The van der Waals surface area contributed by atoms with Crippen LogP contribution >= 0.6 is 0 Å². The van der Waals surface area contributed by atoms with Crippen molar-refractivity contribution in [2.45, 2.75) is 13.5 Å². The Bertz CT molecular complexity index is 989. The van der Waals surface area contributed by atoms with E-state index in [1.165, 1.54) is 17.7 Å². The maximum Gasteiger partial charge on any atom is 0.289 e. The molecule has 1 amide bonds. The highest BCUT2D eigenvalue weighted by atomic mass is 19.1. The van der Waals surface area contributed by atoms with Crippen LogP contribution in [-0.4, -0.2) is 49.0 Å². The van der Waals surface area contributed by atoms with Gasteiger partial charge in [0.15, 0.2) is 5.76 Å². The molecule has 1 aliphatic heterocycles. The third-order valence-corrected chi connectivity index (χ3v) is 5.32. The van der Waals surface area contributed by atoms with Gasteiger partial charge in [0, 0.05) is 43.7 Å². The molecular formula is C22H23FN2O3. The number of benzene rings is 2. The monoisotopic (exact) mass is 382 g/mol. The molecule has 6 heteroatoms. The maximum absolute atomic E-state index is 13.5. The smallest absolute Gasteiger partial charge is 0.289 e. The molecule has 0 atom stereocenters. The molecular weight excluding hydrogens is 359 g/mol. The molecule has 2 heterocycles. The Hall–Kier alpha value is -2.86. The standard InChI is InChI=1S/C22H23FN2O3/c1-15-19-13-17(23)5-8-20(19)28-21(15)22(26)25-11-9-24(10-12-25)14-16-3-6-18(27-2)7-4-16/h3-8,13H,9-12,14H2,1-2H3. The summed E-state index contributed by atoms with van der Waals surface area (Å²) in [6.07, 6.45) is 0. The maximum atomic E-state index is 13.5. The number of carbonyl (C=O) groups is 1. The second kappa shape index (κ2) is 7.64. The minimum absolute atomic E-state index is 0.127. The van der Waals surface area contributed by atoms with Gasteiger partial charge in [0.2, 0.25) is 0 Å². The molecule has 0 bridgehead atoms. The zero-order valence-corrected chi connectivity index (χ0v) is 16.1. The Morgan fingerprint density at radius 3 is 2.50 bits per heavy atom. The highest BCUT2D eigenvalue weighted by Gasteiger charge is 2.26. The first-order valence-electron chi connectivity index (χ1n) is 9.38. The number of amides is 1. The summed E-state index contributed by atoms with van der Waals surface area (Å²) >= 11 is 0. The summed E-state index contributed by atoms with van der Waals surface area (Å²) < 4.78 is 24.4. The molecule has 0 spiro atoms. The van der Waals surface area contributed by atoms with Crippen molar-refractivity contribution in [3.63, 3.8) is 0 Å². The van der Waals surface area contributed by atoms with Crippen molar-refractivity contribution in [3.05, 3.63) is 65.2 Å². The third kappa shape index (κ3) is 3.60. The van der Waals surface area contributed by atoms with Crippen LogP contribution in [0, 0.1) is 12.7 Å². The lowest BCUT2D eigenvalue weighted by Crippen LogP contribution is -2.48. The summed E-state index contributed by atoms with van der Waals surface area (Å²) in [7, 11) is 1.66. The number of rotatable bonds is 4. The second-order valence-electron chi connectivity index (χ2n) is 7.11. The quantitative estimate of drug-likeness (QED) is 0.688. The van der Waals surface area contributed by atoms with Gasteiger partial charge in [-0.05, 0) is 42.8 Å². The molecule has 146 valence electrons. The van der Waals surface area contributed by atoms with Crippen LogP contribution in [0.4, 0.5) is 4.39 Å². The number of aryl methyl sites for hydroxylation is 1. The fourth-order valence-electron chi connectivity index (χ4n) is 3.64. The summed E-state index contributed by atoms with van der Waals surface area (Å²) in [4.78, 5) is 17.1. The van der Waals surface area contributed by atoms with E-state index in [0.717, 1.165) is 25.4 Å². The Kier molecular flexibility index (Phi) is 5.05. The van der Waals surface area contributed by atoms with Crippen LogP contribution in [-0.2, 0) is 6.54 Å². The molecule has 0 N–H and O–H groups in total. The molecule has 0 saturated carbocycles. The van der Waals surface area contributed by atoms with E-state index in [4.69, 9.17) is 9.15 Å². The van der Waals surface area contributed by atoms with Crippen LogP contribution < -0.4 is 4.74 Å². The lowest BCUT2D eigenvalue weighted by Gasteiger charge is -2.34. The fourth-order valence-corrected chi connectivity index (χ4v) is 3.64. The Labute approximate surface area is 163 Å². The summed E-state index contributed by atoms with van der Waals surface area (Å²) in [6, 6.07) is 12.4. The molecule has 0 unspecified atom stereocenters. The van der Waals surface area contributed by atoms with Gasteiger partial charge in [0.25, 0.3) is 5.91 Å². The largest absolute Gasteiger partial charge is 0.497 e. The van der Waals surface area contributed by atoms with E-state index in [1.54, 1.807) is 20.1 Å². The van der Waals surface area contributed by atoms with Crippen molar-refractivity contribution in [2.75, 3.05) is 33.3 Å². The molecule has 4 rings (SSSR count). The first kappa shape index (κ1) is 18.5. The van der Waals surface area contributed by atoms with E-state index in [-0.39, 0.29) is 11.7 Å². The number of hydrogen-bond acceptors (Lipinski definition) is 4. The van der Waals surface area contributed by atoms with Gasteiger partial charge in [-0.25, -0.2) is 4.39 Å². The van der Waals surface area contributed by atoms with E-state index >= 15 is 0 Å². The van der Waals surface area contributed by atoms with Crippen molar-refractivity contribution in [1.29, 1.82) is 0 Å².